The number of aromatic amines is 1. The summed E-state index contributed by atoms with van der Waals surface area (Å²) in [5.41, 5.74) is 3.25. The van der Waals surface area contributed by atoms with Crippen molar-refractivity contribution in [1.82, 2.24) is 24.7 Å². The van der Waals surface area contributed by atoms with Crippen LogP contribution in [-0.2, 0) is 6.42 Å². The number of rotatable bonds is 4. The van der Waals surface area contributed by atoms with Gasteiger partial charge in [0.05, 0.1) is 15.7 Å². The molecule has 0 unspecified atom stereocenters. The Kier molecular flexibility index (Phi) is 5.57. The van der Waals surface area contributed by atoms with Gasteiger partial charge in [-0.3, -0.25) is 14.9 Å². The molecule has 9 heteroatoms. The Balaban J connectivity index is 1.96. The first-order valence-corrected chi connectivity index (χ1v) is 10.5. The zero-order chi connectivity index (χ0) is 21.6. The molecule has 2 aliphatic rings. The second-order valence-electron chi connectivity index (χ2n) is 7.36. The summed E-state index contributed by atoms with van der Waals surface area (Å²) in [5, 5.41) is 4.34. The van der Waals surface area contributed by atoms with Crippen molar-refractivity contribution in [3.63, 3.8) is 0 Å². The summed E-state index contributed by atoms with van der Waals surface area (Å²) in [6.45, 7) is 5.94. The second-order valence-corrected chi connectivity index (χ2v) is 8.61. The van der Waals surface area contributed by atoms with Gasteiger partial charge in [-0.15, -0.1) is 0 Å². The van der Waals surface area contributed by atoms with Gasteiger partial charge < -0.3 is 0 Å². The topological polar surface area (TPSA) is 76.5 Å². The third-order valence-corrected chi connectivity index (χ3v) is 5.69. The third-order valence-electron chi connectivity index (χ3n) is 4.90. The van der Waals surface area contributed by atoms with Crippen LogP contribution in [-0.4, -0.2) is 24.7 Å². The van der Waals surface area contributed by atoms with Crippen molar-refractivity contribution in [2.45, 2.75) is 33.1 Å². The minimum atomic E-state index is -0.351. The van der Waals surface area contributed by atoms with Gasteiger partial charge in [0.1, 0.15) is 17.1 Å². The largest absolute Gasteiger partial charge is 0.295 e. The molecule has 154 valence electrons. The average molecular weight is 463 g/mol. The van der Waals surface area contributed by atoms with Crippen molar-refractivity contribution in [1.29, 1.82) is 0 Å². The van der Waals surface area contributed by atoms with Crippen LogP contribution in [0.1, 0.15) is 42.4 Å². The monoisotopic (exact) mass is 461 g/mol. The molecule has 1 aromatic heterocycles. The molecule has 2 aromatic rings. The standard InChI is InChI=1S/C21H18Cl3N5O/c1-10(2)18-17-20(29(28-18)19-14(23)7-13(22)8-15(19)24)26-16(27-21(17)30)6-12-9-25-5-4-11(12)3/h4-5,7-10,28H,6H2,1-3H3. The Bertz CT molecular complexity index is 1260. The van der Waals surface area contributed by atoms with Gasteiger partial charge in [0, 0.05) is 23.8 Å². The molecule has 0 saturated carbocycles. The molecule has 0 saturated heterocycles. The van der Waals surface area contributed by atoms with Gasteiger partial charge in [0.15, 0.2) is 5.82 Å². The van der Waals surface area contributed by atoms with Crippen LogP contribution in [0.4, 0.5) is 0 Å². The maximum absolute atomic E-state index is 13.0. The van der Waals surface area contributed by atoms with E-state index in [0.29, 0.717) is 50.1 Å². The van der Waals surface area contributed by atoms with Crippen molar-refractivity contribution in [2.24, 2.45) is 0 Å². The van der Waals surface area contributed by atoms with E-state index in [-0.39, 0.29) is 11.5 Å². The summed E-state index contributed by atoms with van der Waals surface area (Å²) in [7, 11) is 0. The van der Waals surface area contributed by atoms with Crippen LogP contribution in [0.3, 0.4) is 0 Å². The molecule has 3 heterocycles. The van der Waals surface area contributed by atoms with E-state index in [2.05, 4.69) is 15.1 Å². The van der Waals surface area contributed by atoms with Crippen molar-refractivity contribution in [2.75, 3.05) is 0 Å². The number of halogens is 3. The molecule has 0 aliphatic carbocycles. The lowest BCUT2D eigenvalue weighted by molar-refractivity contribution is 0.771. The van der Waals surface area contributed by atoms with Crippen LogP contribution in [0.2, 0.25) is 15.1 Å². The number of pyridine rings is 1. The van der Waals surface area contributed by atoms with E-state index in [9.17, 15) is 4.79 Å². The summed E-state index contributed by atoms with van der Waals surface area (Å²) >= 11 is 19.0. The highest BCUT2D eigenvalue weighted by Crippen LogP contribution is 2.36. The molecule has 0 radical (unpaired) electrons. The molecule has 2 aliphatic heterocycles. The number of benzene rings is 1. The summed E-state index contributed by atoms with van der Waals surface area (Å²) in [5.74, 6) is 0.843. The predicted octanol–water partition coefficient (Wildman–Crippen LogP) is 5.44. The zero-order valence-corrected chi connectivity index (χ0v) is 18.8. The Labute approximate surface area is 188 Å². The molecule has 30 heavy (non-hydrogen) atoms. The highest BCUT2D eigenvalue weighted by Gasteiger charge is 2.27. The highest BCUT2D eigenvalue weighted by atomic mass is 35.5. The zero-order valence-electron chi connectivity index (χ0n) is 16.5. The highest BCUT2D eigenvalue weighted by molar-refractivity contribution is 6.40. The molecule has 1 N–H and O–H groups in total. The summed E-state index contributed by atoms with van der Waals surface area (Å²) in [6.07, 6.45) is 3.86. The summed E-state index contributed by atoms with van der Waals surface area (Å²) < 4.78 is 1.63. The first-order chi connectivity index (χ1) is 14.3. The van der Waals surface area contributed by atoms with Crippen LogP contribution in [0.5, 0.6) is 0 Å². The lowest BCUT2D eigenvalue weighted by Gasteiger charge is -2.12. The fourth-order valence-corrected chi connectivity index (χ4v) is 4.34. The molecule has 4 rings (SSSR count). The van der Waals surface area contributed by atoms with Crippen molar-refractivity contribution in [3.8, 4) is 17.1 Å². The maximum Gasteiger partial charge on any atom is 0.284 e. The van der Waals surface area contributed by atoms with E-state index < -0.39 is 0 Å². The fraction of sp³-hybridized carbons (Fsp3) is 0.238. The van der Waals surface area contributed by atoms with E-state index in [1.165, 1.54) is 0 Å². The van der Waals surface area contributed by atoms with E-state index in [1.54, 1.807) is 29.2 Å². The van der Waals surface area contributed by atoms with E-state index in [4.69, 9.17) is 39.8 Å². The quantitative estimate of drug-likeness (QED) is 0.438. The van der Waals surface area contributed by atoms with Crippen molar-refractivity contribution < 1.29 is 0 Å². The van der Waals surface area contributed by atoms with Crippen LogP contribution in [0, 0.1) is 6.92 Å². The van der Waals surface area contributed by atoms with Gasteiger partial charge in [-0.2, -0.15) is 4.98 Å². The Hall–Kier alpha value is -2.41. The number of H-pyrrole nitrogens is 1. The lowest BCUT2D eigenvalue weighted by Crippen LogP contribution is -2.18. The molecule has 0 atom stereocenters. The van der Waals surface area contributed by atoms with Crippen LogP contribution < -0.4 is 5.56 Å². The molecule has 0 fully saturated rings. The van der Waals surface area contributed by atoms with Crippen LogP contribution >= 0.6 is 34.8 Å². The van der Waals surface area contributed by atoms with E-state index in [0.717, 1.165) is 11.1 Å². The van der Waals surface area contributed by atoms with Gasteiger partial charge in [-0.05, 0) is 42.2 Å². The predicted molar refractivity (Wildman–Crippen MR) is 120 cm³/mol. The maximum atomic E-state index is 13.0. The number of fused-ring (bicyclic) bond motifs is 1. The van der Waals surface area contributed by atoms with Gasteiger partial charge in [-0.25, -0.2) is 9.67 Å². The summed E-state index contributed by atoms with van der Waals surface area (Å²) in [6, 6.07) is 5.10. The number of aromatic nitrogens is 5. The average Bonchev–Trinajstić information content (AvgIpc) is 3.03. The molecular formula is C21H18Cl3N5O. The SMILES string of the molecule is Cc1ccncc1Cc1nc2n(-c3c(Cl)cc(Cl)cc3Cl)[nH]c(C(C)C)c-2c(=O)n1. The van der Waals surface area contributed by atoms with Crippen molar-refractivity contribution >= 4 is 34.8 Å². The van der Waals surface area contributed by atoms with Gasteiger partial charge in [0.25, 0.3) is 5.56 Å². The van der Waals surface area contributed by atoms with Gasteiger partial charge in [-0.1, -0.05) is 48.7 Å². The second kappa shape index (κ2) is 8.02. The smallest absolute Gasteiger partial charge is 0.284 e. The van der Waals surface area contributed by atoms with Gasteiger partial charge >= 0.3 is 0 Å². The Morgan fingerprint density at radius 1 is 1.13 bits per heavy atom. The van der Waals surface area contributed by atoms with E-state index >= 15 is 0 Å². The Morgan fingerprint density at radius 2 is 1.83 bits per heavy atom. The third kappa shape index (κ3) is 3.71. The first-order valence-electron chi connectivity index (χ1n) is 9.32. The van der Waals surface area contributed by atoms with Gasteiger partial charge in [0.2, 0.25) is 0 Å². The minimum absolute atomic E-state index is 0.0290. The summed E-state index contributed by atoms with van der Waals surface area (Å²) in [4.78, 5) is 26.1. The normalized spacial score (nSPS) is 11.6. The fourth-order valence-electron chi connectivity index (χ4n) is 3.36. The van der Waals surface area contributed by atoms with Crippen molar-refractivity contribution in [3.05, 3.63) is 78.7 Å². The molecule has 0 amide bonds. The molecule has 6 nitrogen and oxygen atoms in total. The molecular weight excluding hydrogens is 445 g/mol. The number of hydrogen-bond donors (Lipinski definition) is 1. The number of nitrogens with one attached hydrogen (secondary N) is 1. The van der Waals surface area contributed by atoms with Crippen LogP contribution in [0.15, 0.2) is 35.4 Å². The number of hydrogen-bond acceptors (Lipinski definition) is 4. The lowest BCUT2D eigenvalue weighted by atomic mass is 10.0. The van der Waals surface area contributed by atoms with E-state index in [1.807, 2.05) is 26.8 Å². The molecule has 0 spiro atoms. The number of aryl methyl sites for hydroxylation is 1. The first kappa shape index (κ1) is 20.8. The number of nitrogens with zero attached hydrogens (tertiary/aromatic N) is 4. The minimum Gasteiger partial charge on any atom is -0.295 e. The Morgan fingerprint density at radius 3 is 2.47 bits per heavy atom. The van der Waals surface area contributed by atoms with Crippen LogP contribution in [0.25, 0.3) is 17.1 Å². The molecule has 1 aromatic carbocycles. The molecule has 0 bridgehead atoms.